The van der Waals surface area contributed by atoms with Gasteiger partial charge in [0.15, 0.2) is 16.0 Å². The lowest BCUT2D eigenvalue weighted by molar-refractivity contribution is 0.598. The van der Waals surface area contributed by atoms with Crippen LogP contribution in [0, 0.1) is 0 Å². The van der Waals surface area contributed by atoms with E-state index in [4.69, 9.17) is 11.6 Å². The number of anilines is 1. The summed E-state index contributed by atoms with van der Waals surface area (Å²) >= 11 is 5.94. The third kappa shape index (κ3) is 2.30. The molecule has 0 radical (unpaired) electrons. The Morgan fingerprint density at radius 1 is 1.15 bits per heavy atom. The summed E-state index contributed by atoms with van der Waals surface area (Å²) in [4.78, 5) is 14.4. The number of nitrogens with zero attached hydrogens (tertiary/aromatic N) is 3. The summed E-state index contributed by atoms with van der Waals surface area (Å²) in [5, 5.41) is -0.102. The average Bonchev–Trinajstić information content (AvgIpc) is 2.94. The lowest BCUT2D eigenvalue weighted by atomic mass is 10.3. The normalized spacial score (nSPS) is 11.7. The van der Waals surface area contributed by atoms with E-state index >= 15 is 0 Å². The van der Waals surface area contributed by atoms with Crippen LogP contribution in [0.5, 0.6) is 0 Å². The first-order valence-electron chi connectivity index (χ1n) is 5.50. The van der Waals surface area contributed by atoms with Gasteiger partial charge in [0.25, 0.3) is 10.0 Å². The fraction of sp³-hybridized carbons (Fsp3) is 0. The summed E-state index contributed by atoms with van der Waals surface area (Å²) in [5.74, 6) is -0.0278. The standard InChI is InChI=1S/C11H8ClN5O2S/c12-10-11(16-8-4-2-1-3-7(8)15-10)17-20(18,19)9-5-13-6-14-9/h1-6H,(H,13,14)(H,16,17). The van der Waals surface area contributed by atoms with Gasteiger partial charge in [-0.25, -0.2) is 15.0 Å². The molecule has 9 heteroatoms. The van der Waals surface area contributed by atoms with Crippen LogP contribution in [-0.4, -0.2) is 28.4 Å². The Kier molecular flexibility index (Phi) is 3.03. The van der Waals surface area contributed by atoms with Gasteiger partial charge in [0.1, 0.15) is 0 Å². The van der Waals surface area contributed by atoms with Gasteiger partial charge in [-0.3, -0.25) is 4.72 Å². The van der Waals surface area contributed by atoms with Crippen molar-refractivity contribution in [1.29, 1.82) is 0 Å². The molecule has 0 fully saturated rings. The molecule has 2 N–H and O–H groups in total. The number of hydrogen-bond donors (Lipinski definition) is 2. The molecule has 0 atom stereocenters. The number of para-hydroxylation sites is 2. The highest BCUT2D eigenvalue weighted by Crippen LogP contribution is 2.23. The number of hydrogen-bond acceptors (Lipinski definition) is 5. The molecule has 0 unspecified atom stereocenters. The van der Waals surface area contributed by atoms with Gasteiger partial charge in [0, 0.05) is 0 Å². The maximum atomic E-state index is 12.0. The van der Waals surface area contributed by atoms with Crippen molar-refractivity contribution in [1.82, 2.24) is 19.9 Å². The third-order valence-electron chi connectivity index (χ3n) is 2.52. The molecule has 0 saturated heterocycles. The average molecular weight is 310 g/mol. The summed E-state index contributed by atoms with van der Waals surface area (Å²) < 4.78 is 26.4. The summed E-state index contributed by atoms with van der Waals surface area (Å²) in [6.45, 7) is 0. The zero-order valence-electron chi connectivity index (χ0n) is 9.91. The van der Waals surface area contributed by atoms with Crippen molar-refractivity contribution in [3.05, 3.63) is 41.9 Å². The van der Waals surface area contributed by atoms with Crippen LogP contribution < -0.4 is 4.72 Å². The van der Waals surface area contributed by atoms with Crippen molar-refractivity contribution in [2.24, 2.45) is 0 Å². The zero-order valence-corrected chi connectivity index (χ0v) is 11.5. The number of imidazole rings is 1. The van der Waals surface area contributed by atoms with E-state index < -0.39 is 10.0 Å². The molecule has 0 saturated carbocycles. The first-order valence-corrected chi connectivity index (χ1v) is 7.36. The molecule has 0 aliphatic rings. The van der Waals surface area contributed by atoms with Crippen LogP contribution in [0.3, 0.4) is 0 Å². The molecule has 0 bridgehead atoms. The van der Waals surface area contributed by atoms with Gasteiger partial charge in [-0.1, -0.05) is 23.7 Å². The van der Waals surface area contributed by atoms with E-state index in [2.05, 4.69) is 24.7 Å². The molecule has 3 rings (SSSR count). The molecular weight excluding hydrogens is 302 g/mol. The molecular formula is C11H8ClN5O2S. The maximum absolute atomic E-state index is 12.0. The first-order chi connectivity index (χ1) is 9.56. The number of fused-ring (bicyclic) bond motifs is 1. The lowest BCUT2D eigenvalue weighted by Crippen LogP contribution is -2.15. The molecule has 0 aliphatic carbocycles. The summed E-state index contributed by atoms with van der Waals surface area (Å²) in [7, 11) is -3.82. The number of sulfonamides is 1. The van der Waals surface area contributed by atoms with E-state index in [1.54, 1.807) is 24.3 Å². The fourth-order valence-corrected chi connectivity index (χ4v) is 2.77. The molecule has 1 aromatic carbocycles. The second-order valence-electron chi connectivity index (χ2n) is 3.87. The van der Waals surface area contributed by atoms with Gasteiger partial charge < -0.3 is 4.98 Å². The van der Waals surface area contributed by atoms with Crippen LogP contribution in [0.4, 0.5) is 5.82 Å². The molecule has 102 valence electrons. The molecule has 2 heterocycles. The smallest absolute Gasteiger partial charge is 0.280 e. The predicted molar refractivity (Wildman–Crippen MR) is 73.9 cm³/mol. The number of nitrogens with one attached hydrogen (secondary N) is 2. The van der Waals surface area contributed by atoms with E-state index in [-0.39, 0.29) is 16.0 Å². The Bertz CT molecular complexity index is 864. The fourth-order valence-electron chi connectivity index (χ4n) is 1.62. The van der Waals surface area contributed by atoms with Gasteiger partial charge in [-0.2, -0.15) is 8.42 Å². The van der Waals surface area contributed by atoms with Crippen molar-refractivity contribution < 1.29 is 8.42 Å². The minimum absolute atomic E-state index is 0.0215. The minimum Gasteiger partial charge on any atom is -0.334 e. The minimum atomic E-state index is -3.82. The molecule has 0 aliphatic heterocycles. The number of H-pyrrole nitrogens is 1. The largest absolute Gasteiger partial charge is 0.334 e. The van der Waals surface area contributed by atoms with Crippen LogP contribution in [0.25, 0.3) is 11.0 Å². The second kappa shape index (κ2) is 4.73. The van der Waals surface area contributed by atoms with Crippen molar-refractivity contribution in [2.45, 2.75) is 5.03 Å². The molecule has 3 aromatic rings. The predicted octanol–water partition coefficient (Wildman–Crippen LogP) is 1.81. The summed E-state index contributed by atoms with van der Waals surface area (Å²) in [5.41, 5.74) is 1.13. The number of aromatic nitrogens is 4. The maximum Gasteiger partial charge on any atom is 0.280 e. The molecule has 2 aromatic heterocycles. The summed E-state index contributed by atoms with van der Waals surface area (Å²) in [6.07, 6.45) is 2.45. The Labute approximate surface area is 119 Å². The van der Waals surface area contributed by atoms with Crippen LogP contribution in [0.15, 0.2) is 41.8 Å². The van der Waals surface area contributed by atoms with Gasteiger partial charge in [0.05, 0.1) is 23.6 Å². The molecule has 0 spiro atoms. The van der Waals surface area contributed by atoms with E-state index in [9.17, 15) is 8.42 Å². The Balaban J connectivity index is 2.05. The van der Waals surface area contributed by atoms with Crippen molar-refractivity contribution in [2.75, 3.05) is 4.72 Å². The van der Waals surface area contributed by atoms with Gasteiger partial charge in [0.2, 0.25) is 0 Å². The third-order valence-corrected chi connectivity index (χ3v) is 4.05. The van der Waals surface area contributed by atoms with Gasteiger partial charge in [-0.05, 0) is 12.1 Å². The topological polar surface area (TPSA) is 101 Å². The van der Waals surface area contributed by atoms with Crippen molar-refractivity contribution in [3.8, 4) is 0 Å². The van der Waals surface area contributed by atoms with E-state index in [0.29, 0.717) is 11.0 Å². The van der Waals surface area contributed by atoms with E-state index in [0.717, 1.165) is 0 Å². The Morgan fingerprint density at radius 2 is 1.85 bits per heavy atom. The Hall–Kier alpha value is -2.19. The molecule has 7 nitrogen and oxygen atoms in total. The van der Waals surface area contributed by atoms with E-state index in [1.165, 1.54) is 12.5 Å². The van der Waals surface area contributed by atoms with Crippen molar-refractivity contribution in [3.63, 3.8) is 0 Å². The monoisotopic (exact) mass is 309 g/mol. The number of rotatable bonds is 3. The SMILES string of the molecule is O=S(=O)(Nc1nc2ccccc2nc1Cl)c1cnc[nH]1. The van der Waals surface area contributed by atoms with Crippen LogP contribution in [-0.2, 0) is 10.0 Å². The summed E-state index contributed by atoms with van der Waals surface area (Å²) in [6, 6.07) is 7.02. The highest BCUT2D eigenvalue weighted by Gasteiger charge is 2.19. The highest BCUT2D eigenvalue weighted by molar-refractivity contribution is 7.92. The lowest BCUT2D eigenvalue weighted by Gasteiger charge is -2.07. The van der Waals surface area contributed by atoms with Crippen LogP contribution in [0.2, 0.25) is 5.15 Å². The zero-order chi connectivity index (χ0) is 14.2. The van der Waals surface area contributed by atoms with Crippen molar-refractivity contribution >= 4 is 38.5 Å². The number of benzene rings is 1. The number of aromatic amines is 1. The Morgan fingerprint density at radius 3 is 2.50 bits per heavy atom. The molecule has 0 amide bonds. The first kappa shape index (κ1) is 12.8. The van der Waals surface area contributed by atoms with Gasteiger partial charge >= 0.3 is 0 Å². The quantitative estimate of drug-likeness (QED) is 0.768. The number of halogens is 1. The van der Waals surface area contributed by atoms with Crippen LogP contribution in [0.1, 0.15) is 0 Å². The molecule has 20 heavy (non-hydrogen) atoms. The highest BCUT2D eigenvalue weighted by atomic mass is 35.5. The van der Waals surface area contributed by atoms with Gasteiger partial charge in [-0.15, -0.1) is 0 Å². The van der Waals surface area contributed by atoms with Crippen LogP contribution >= 0.6 is 11.6 Å². The second-order valence-corrected chi connectivity index (χ2v) is 5.88. The van der Waals surface area contributed by atoms with E-state index in [1.807, 2.05) is 0 Å².